The molecule has 0 spiro atoms. The first-order valence-corrected chi connectivity index (χ1v) is 24.4. The largest absolute Gasteiger partial charge is 0.462 e. The van der Waals surface area contributed by atoms with Crippen LogP contribution in [-0.4, -0.2) is 49.3 Å². The standard InChI is InChI=1S/C32H54O4.C20H26O4/c1-3-5-7-9-11-13-15-17-19-23-27-35-31(33)29-25-21-22-26-30(29)32(34)36-28-24-20-18-16-14-12-10-8-6-4-2;21-19(23-15-9-3-1-4-10-15)17-13-7-8-14-18(17)20(22)24-16-11-5-2-6-12-16/h21-22,25-26H,3-20,23-24,27-28H2,1-2H3;7-8,13-16H,1-6,9-12H2. The van der Waals surface area contributed by atoms with Crippen molar-refractivity contribution in [2.24, 2.45) is 0 Å². The van der Waals surface area contributed by atoms with Crippen LogP contribution in [0.3, 0.4) is 0 Å². The highest BCUT2D eigenvalue weighted by Gasteiger charge is 2.26. The van der Waals surface area contributed by atoms with Crippen molar-refractivity contribution >= 4 is 23.9 Å². The number of esters is 4. The van der Waals surface area contributed by atoms with E-state index in [1.54, 1.807) is 48.5 Å². The Morgan fingerprint density at radius 2 is 0.650 bits per heavy atom. The van der Waals surface area contributed by atoms with Crippen molar-refractivity contribution < 1.29 is 38.1 Å². The Balaban J connectivity index is 0.000000344. The minimum atomic E-state index is -0.433. The molecule has 2 aliphatic rings. The molecular formula is C52H80O8. The van der Waals surface area contributed by atoms with Gasteiger partial charge in [-0.05, 0) is 88.5 Å². The molecule has 2 fully saturated rings. The molecule has 8 heteroatoms. The molecule has 4 rings (SSSR count). The van der Waals surface area contributed by atoms with Gasteiger partial charge in [-0.15, -0.1) is 0 Å². The number of rotatable bonds is 28. The summed E-state index contributed by atoms with van der Waals surface area (Å²) >= 11 is 0. The molecular weight excluding hydrogens is 753 g/mol. The number of unbranched alkanes of at least 4 members (excludes halogenated alkanes) is 18. The van der Waals surface area contributed by atoms with Gasteiger partial charge in [-0.3, -0.25) is 0 Å². The summed E-state index contributed by atoms with van der Waals surface area (Å²) in [6, 6.07) is 13.6. The number of carbonyl (C=O) groups is 4. The van der Waals surface area contributed by atoms with E-state index in [1.165, 1.54) is 116 Å². The second kappa shape index (κ2) is 33.0. The zero-order valence-corrected chi connectivity index (χ0v) is 37.7. The zero-order valence-electron chi connectivity index (χ0n) is 37.7. The minimum absolute atomic E-state index is 0.0197. The van der Waals surface area contributed by atoms with E-state index in [1.807, 2.05) is 0 Å². The molecule has 0 amide bonds. The Morgan fingerprint density at radius 3 is 0.950 bits per heavy atom. The molecule has 0 aliphatic heterocycles. The highest BCUT2D eigenvalue weighted by atomic mass is 16.6. The van der Waals surface area contributed by atoms with E-state index in [0.29, 0.717) is 35.5 Å². The first kappa shape index (κ1) is 50.7. The third-order valence-corrected chi connectivity index (χ3v) is 11.8. The van der Waals surface area contributed by atoms with Gasteiger partial charge >= 0.3 is 23.9 Å². The number of hydrogen-bond acceptors (Lipinski definition) is 8. The van der Waals surface area contributed by atoms with Crippen LogP contribution in [0.25, 0.3) is 0 Å². The maximum atomic E-state index is 12.6. The molecule has 0 unspecified atom stereocenters. The molecule has 2 aromatic carbocycles. The smallest absolute Gasteiger partial charge is 0.339 e. The van der Waals surface area contributed by atoms with Crippen molar-refractivity contribution in [2.45, 2.75) is 219 Å². The highest BCUT2D eigenvalue weighted by Crippen LogP contribution is 2.25. The fraction of sp³-hybridized carbons (Fsp3) is 0.692. The van der Waals surface area contributed by atoms with Crippen LogP contribution in [0.15, 0.2) is 48.5 Å². The van der Waals surface area contributed by atoms with Crippen LogP contribution in [0.1, 0.15) is 248 Å². The number of carbonyl (C=O) groups excluding carboxylic acids is 4. The van der Waals surface area contributed by atoms with Crippen LogP contribution in [-0.2, 0) is 18.9 Å². The molecule has 2 aromatic rings. The lowest BCUT2D eigenvalue weighted by atomic mass is 9.97. The second-order valence-electron chi connectivity index (χ2n) is 17.1. The van der Waals surface area contributed by atoms with Gasteiger partial charge in [0.15, 0.2) is 0 Å². The van der Waals surface area contributed by atoms with E-state index in [0.717, 1.165) is 77.0 Å². The molecule has 0 heterocycles. The first-order valence-electron chi connectivity index (χ1n) is 24.4. The van der Waals surface area contributed by atoms with E-state index in [9.17, 15) is 19.2 Å². The van der Waals surface area contributed by atoms with Gasteiger partial charge < -0.3 is 18.9 Å². The van der Waals surface area contributed by atoms with Gasteiger partial charge in [-0.25, -0.2) is 19.2 Å². The topological polar surface area (TPSA) is 105 Å². The average molecular weight is 833 g/mol. The summed E-state index contributed by atoms with van der Waals surface area (Å²) in [5.41, 5.74) is 1.25. The lowest BCUT2D eigenvalue weighted by molar-refractivity contribution is 0.0164. The van der Waals surface area contributed by atoms with Crippen molar-refractivity contribution in [3.05, 3.63) is 70.8 Å². The summed E-state index contributed by atoms with van der Waals surface area (Å²) in [6.45, 7) is 5.29. The van der Waals surface area contributed by atoms with Crippen LogP contribution in [0.2, 0.25) is 0 Å². The molecule has 0 atom stereocenters. The van der Waals surface area contributed by atoms with E-state index in [2.05, 4.69) is 13.8 Å². The average Bonchev–Trinajstić information content (AvgIpc) is 3.28. The second-order valence-corrected chi connectivity index (χ2v) is 17.1. The van der Waals surface area contributed by atoms with Gasteiger partial charge in [-0.1, -0.05) is 167 Å². The Bertz CT molecular complexity index is 1350. The monoisotopic (exact) mass is 833 g/mol. The van der Waals surface area contributed by atoms with Crippen LogP contribution in [0, 0.1) is 0 Å². The Hall–Kier alpha value is -3.68. The Labute approximate surface area is 363 Å². The van der Waals surface area contributed by atoms with Gasteiger partial charge in [0, 0.05) is 0 Å². The number of ether oxygens (including phenoxy) is 4. The quantitative estimate of drug-likeness (QED) is 0.0474. The van der Waals surface area contributed by atoms with Gasteiger partial charge in [-0.2, -0.15) is 0 Å². The fourth-order valence-electron chi connectivity index (χ4n) is 8.14. The predicted octanol–water partition coefficient (Wildman–Crippen LogP) is 14.5. The summed E-state index contributed by atoms with van der Waals surface area (Å²) in [5, 5.41) is 0. The van der Waals surface area contributed by atoms with Crippen molar-refractivity contribution in [2.75, 3.05) is 13.2 Å². The summed E-state index contributed by atoms with van der Waals surface area (Å²) < 4.78 is 22.1. The number of benzene rings is 2. The van der Waals surface area contributed by atoms with Crippen LogP contribution in [0.4, 0.5) is 0 Å². The van der Waals surface area contributed by atoms with E-state index < -0.39 is 23.9 Å². The molecule has 2 aliphatic carbocycles. The molecule has 336 valence electrons. The fourth-order valence-corrected chi connectivity index (χ4v) is 8.14. The molecule has 0 aromatic heterocycles. The number of hydrogen-bond donors (Lipinski definition) is 0. The maximum absolute atomic E-state index is 12.6. The van der Waals surface area contributed by atoms with Crippen LogP contribution in [0.5, 0.6) is 0 Å². The zero-order chi connectivity index (χ0) is 42.9. The Kier molecular flexibility index (Phi) is 27.9. The molecule has 60 heavy (non-hydrogen) atoms. The molecule has 0 bridgehead atoms. The SMILES string of the molecule is CCCCCCCCCCCCOC(=O)c1ccccc1C(=O)OCCCCCCCCCCCC.O=C(OC1CCCCC1)c1ccccc1C(=O)OC1CCCCC1. The maximum Gasteiger partial charge on any atom is 0.339 e. The minimum Gasteiger partial charge on any atom is -0.462 e. The summed E-state index contributed by atoms with van der Waals surface area (Å²) in [4.78, 5) is 50.1. The van der Waals surface area contributed by atoms with Gasteiger partial charge in [0.1, 0.15) is 12.2 Å². The van der Waals surface area contributed by atoms with E-state index >= 15 is 0 Å². The molecule has 8 nitrogen and oxygen atoms in total. The normalized spacial score (nSPS) is 14.4. The third-order valence-electron chi connectivity index (χ3n) is 11.8. The van der Waals surface area contributed by atoms with Crippen LogP contribution >= 0.6 is 0 Å². The van der Waals surface area contributed by atoms with E-state index in [4.69, 9.17) is 18.9 Å². The van der Waals surface area contributed by atoms with Crippen molar-refractivity contribution in [3.8, 4) is 0 Å². The van der Waals surface area contributed by atoms with Gasteiger partial charge in [0.05, 0.1) is 35.5 Å². The van der Waals surface area contributed by atoms with Crippen molar-refractivity contribution in [3.63, 3.8) is 0 Å². The Morgan fingerprint density at radius 1 is 0.383 bits per heavy atom. The first-order chi connectivity index (χ1) is 29.4. The van der Waals surface area contributed by atoms with E-state index in [-0.39, 0.29) is 12.2 Å². The van der Waals surface area contributed by atoms with Gasteiger partial charge in [0.25, 0.3) is 0 Å². The van der Waals surface area contributed by atoms with Crippen molar-refractivity contribution in [1.29, 1.82) is 0 Å². The molecule has 2 saturated carbocycles. The highest BCUT2D eigenvalue weighted by molar-refractivity contribution is 6.04. The predicted molar refractivity (Wildman–Crippen MR) is 242 cm³/mol. The summed E-state index contributed by atoms with van der Waals surface area (Å²) in [7, 11) is 0. The van der Waals surface area contributed by atoms with Crippen LogP contribution < -0.4 is 0 Å². The van der Waals surface area contributed by atoms with Crippen molar-refractivity contribution in [1.82, 2.24) is 0 Å². The summed E-state index contributed by atoms with van der Waals surface area (Å²) in [5.74, 6) is -1.67. The van der Waals surface area contributed by atoms with Gasteiger partial charge in [0.2, 0.25) is 0 Å². The lowest BCUT2D eigenvalue weighted by Gasteiger charge is -2.23. The summed E-state index contributed by atoms with van der Waals surface area (Å²) in [6.07, 6.45) is 35.2. The molecule has 0 saturated heterocycles. The third kappa shape index (κ3) is 21.7. The molecule has 0 radical (unpaired) electrons. The molecule has 0 N–H and O–H groups in total. The lowest BCUT2D eigenvalue weighted by Crippen LogP contribution is -2.24.